The number of carbonyl (C=O) groups is 1. The van der Waals surface area contributed by atoms with Gasteiger partial charge in [-0.2, -0.15) is 0 Å². The number of hydrogen-bond donors (Lipinski definition) is 2. The minimum Gasteiger partial charge on any atom is -0.391 e. The van der Waals surface area contributed by atoms with Gasteiger partial charge in [0.1, 0.15) is 5.78 Å². The molecular formula is C16H20INO2. The average Bonchev–Trinajstić information content (AvgIpc) is 2.74. The highest BCUT2D eigenvalue weighted by molar-refractivity contribution is 14.1. The Balaban J connectivity index is 1.95. The van der Waals surface area contributed by atoms with E-state index in [-0.39, 0.29) is 29.8 Å². The Morgan fingerprint density at radius 2 is 2.05 bits per heavy atom. The molecule has 2 fully saturated rings. The molecule has 2 heterocycles. The highest BCUT2D eigenvalue weighted by Gasteiger charge is 2.49. The smallest absolute Gasteiger partial charge is 0.137 e. The molecule has 20 heavy (non-hydrogen) atoms. The second-order valence-electron chi connectivity index (χ2n) is 5.93. The number of nitrogens with one attached hydrogen (secondary N) is 1. The zero-order valence-corrected chi connectivity index (χ0v) is 13.7. The average molecular weight is 385 g/mol. The zero-order valence-electron chi connectivity index (χ0n) is 11.6. The molecule has 0 aromatic heterocycles. The second-order valence-corrected chi connectivity index (χ2v) is 7.18. The third kappa shape index (κ3) is 2.53. The molecule has 2 N–H and O–H groups in total. The van der Waals surface area contributed by atoms with Gasteiger partial charge in [-0.1, -0.05) is 19.1 Å². The molecule has 2 aliphatic rings. The van der Waals surface area contributed by atoms with Crippen LogP contribution in [0.1, 0.15) is 37.7 Å². The molecule has 2 bridgehead atoms. The maximum atomic E-state index is 12.4. The van der Waals surface area contributed by atoms with Crippen LogP contribution in [-0.2, 0) is 4.79 Å². The molecule has 0 radical (unpaired) electrons. The minimum atomic E-state index is -0.380. The molecule has 108 valence electrons. The van der Waals surface area contributed by atoms with Gasteiger partial charge in [0.25, 0.3) is 0 Å². The van der Waals surface area contributed by atoms with Crippen molar-refractivity contribution in [1.29, 1.82) is 0 Å². The summed E-state index contributed by atoms with van der Waals surface area (Å²) in [6, 6.07) is 8.76. The summed E-state index contributed by atoms with van der Waals surface area (Å²) in [6.45, 7) is 1.92. The second kappa shape index (κ2) is 5.73. The highest BCUT2D eigenvalue weighted by atomic mass is 127. The Hall–Kier alpha value is -0.460. The third-order valence-electron chi connectivity index (χ3n) is 4.75. The molecule has 5 atom stereocenters. The van der Waals surface area contributed by atoms with Crippen molar-refractivity contribution in [1.82, 2.24) is 5.32 Å². The zero-order chi connectivity index (χ0) is 14.3. The quantitative estimate of drug-likeness (QED) is 0.787. The van der Waals surface area contributed by atoms with Crippen molar-refractivity contribution in [3.63, 3.8) is 0 Å². The minimum absolute atomic E-state index is 0.0644. The number of hydrogen-bond acceptors (Lipinski definition) is 3. The maximum Gasteiger partial charge on any atom is 0.137 e. The standard InChI is InChI=1S/C16H20INO2/c1-2-13(19)15-12(9-3-5-10(17)6-4-9)7-11-8-14(20)16(15)18-11/h3-6,11-12,14-16,18,20H,2,7-8H2,1H3. The lowest BCUT2D eigenvalue weighted by Gasteiger charge is -2.37. The summed E-state index contributed by atoms with van der Waals surface area (Å²) in [7, 11) is 0. The number of fused-ring (bicyclic) bond motifs is 2. The third-order valence-corrected chi connectivity index (χ3v) is 5.47. The number of aliphatic hydroxyl groups excluding tert-OH is 1. The SMILES string of the molecule is CCC(=O)C1C(c2ccc(I)cc2)CC2CC(O)C1N2. The molecule has 2 aliphatic heterocycles. The number of piperidine rings is 1. The van der Waals surface area contributed by atoms with Crippen molar-refractivity contribution >= 4 is 28.4 Å². The molecule has 3 nitrogen and oxygen atoms in total. The number of aliphatic hydroxyl groups is 1. The van der Waals surface area contributed by atoms with Crippen LogP contribution in [0, 0.1) is 9.49 Å². The molecule has 4 heteroatoms. The van der Waals surface area contributed by atoms with Crippen molar-refractivity contribution in [3.8, 4) is 0 Å². The van der Waals surface area contributed by atoms with Gasteiger partial charge in [0.2, 0.25) is 0 Å². The van der Waals surface area contributed by atoms with Crippen molar-refractivity contribution in [2.24, 2.45) is 5.92 Å². The molecule has 2 saturated heterocycles. The van der Waals surface area contributed by atoms with Gasteiger partial charge < -0.3 is 10.4 Å². The summed E-state index contributed by atoms with van der Waals surface area (Å²) in [5, 5.41) is 13.7. The molecule has 1 aromatic rings. The van der Waals surface area contributed by atoms with Gasteiger partial charge in [0.05, 0.1) is 6.10 Å². The van der Waals surface area contributed by atoms with E-state index < -0.39 is 0 Å². The van der Waals surface area contributed by atoms with Crippen molar-refractivity contribution in [2.75, 3.05) is 0 Å². The molecule has 0 amide bonds. The predicted molar refractivity (Wildman–Crippen MR) is 86.6 cm³/mol. The number of carbonyl (C=O) groups excluding carboxylic acids is 1. The molecule has 0 saturated carbocycles. The van der Waals surface area contributed by atoms with Crippen molar-refractivity contribution < 1.29 is 9.90 Å². The molecular weight excluding hydrogens is 365 g/mol. The van der Waals surface area contributed by atoms with Crippen molar-refractivity contribution in [3.05, 3.63) is 33.4 Å². The van der Waals surface area contributed by atoms with Crippen LogP contribution in [0.3, 0.4) is 0 Å². The molecule has 0 aliphatic carbocycles. The van der Waals surface area contributed by atoms with E-state index in [1.165, 1.54) is 9.13 Å². The summed E-state index contributed by atoms with van der Waals surface area (Å²) in [5.41, 5.74) is 1.24. The first kappa shape index (κ1) is 14.5. The lowest BCUT2D eigenvalue weighted by Crippen LogP contribution is -2.50. The lowest BCUT2D eigenvalue weighted by molar-refractivity contribution is -0.125. The number of ketones is 1. The topological polar surface area (TPSA) is 49.3 Å². The van der Waals surface area contributed by atoms with Gasteiger partial charge in [0.15, 0.2) is 0 Å². The van der Waals surface area contributed by atoms with Crippen LogP contribution < -0.4 is 5.32 Å². The van der Waals surface area contributed by atoms with Gasteiger partial charge in [-0.3, -0.25) is 4.79 Å². The lowest BCUT2D eigenvalue weighted by atomic mass is 9.74. The van der Waals surface area contributed by atoms with E-state index in [9.17, 15) is 9.90 Å². The van der Waals surface area contributed by atoms with Crippen LogP contribution in [0.25, 0.3) is 0 Å². The maximum absolute atomic E-state index is 12.4. The van der Waals surface area contributed by atoms with E-state index in [1.54, 1.807) is 0 Å². The van der Waals surface area contributed by atoms with E-state index in [1.807, 2.05) is 6.92 Å². The van der Waals surface area contributed by atoms with Crippen LogP contribution >= 0.6 is 22.6 Å². The van der Waals surface area contributed by atoms with E-state index in [2.05, 4.69) is 52.2 Å². The van der Waals surface area contributed by atoms with Crippen LogP contribution in [0.2, 0.25) is 0 Å². The number of Topliss-reactive ketones (excluding diaryl/α,β-unsaturated/α-hetero) is 1. The summed E-state index contributed by atoms with van der Waals surface area (Å²) in [5.74, 6) is 0.423. The summed E-state index contributed by atoms with van der Waals surface area (Å²) in [4.78, 5) is 12.4. The largest absolute Gasteiger partial charge is 0.391 e. The fraction of sp³-hybridized carbons (Fsp3) is 0.562. The van der Waals surface area contributed by atoms with E-state index in [4.69, 9.17) is 0 Å². The van der Waals surface area contributed by atoms with Crippen LogP contribution in [0.15, 0.2) is 24.3 Å². The fourth-order valence-electron chi connectivity index (χ4n) is 3.81. The number of halogens is 1. The van der Waals surface area contributed by atoms with Gasteiger partial charge >= 0.3 is 0 Å². The summed E-state index contributed by atoms with van der Waals surface area (Å²) >= 11 is 2.30. The molecule has 1 aromatic carbocycles. The molecule has 3 rings (SSSR count). The van der Waals surface area contributed by atoms with Crippen molar-refractivity contribution in [2.45, 2.75) is 50.3 Å². The van der Waals surface area contributed by atoms with Crippen LogP contribution in [0.4, 0.5) is 0 Å². The molecule has 0 spiro atoms. The highest BCUT2D eigenvalue weighted by Crippen LogP contribution is 2.42. The first-order valence-electron chi connectivity index (χ1n) is 7.32. The number of rotatable bonds is 3. The summed E-state index contributed by atoms with van der Waals surface area (Å²) < 4.78 is 1.21. The van der Waals surface area contributed by atoms with E-state index in [0.29, 0.717) is 12.5 Å². The monoisotopic (exact) mass is 385 g/mol. The fourth-order valence-corrected chi connectivity index (χ4v) is 4.17. The van der Waals surface area contributed by atoms with Gasteiger partial charge in [-0.05, 0) is 59.0 Å². The van der Waals surface area contributed by atoms with E-state index in [0.717, 1.165) is 12.8 Å². The first-order chi connectivity index (χ1) is 9.60. The van der Waals surface area contributed by atoms with E-state index >= 15 is 0 Å². The Bertz CT molecular complexity index is 502. The number of benzene rings is 1. The Morgan fingerprint density at radius 1 is 1.35 bits per heavy atom. The predicted octanol–water partition coefficient (Wildman–Crippen LogP) is 2.47. The van der Waals surface area contributed by atoms with Crippen LogP contribution in [0.5, 0.6) is 0 Å². The summed E-state index contributed by atoms with van der Waals surface area (Å²) in [6.07, 6.45) is 1.89. The Kier molecular flexibility index (Phi) is 4.15. The first-order valence-corrected chi connectivity index (χ1v) is 8.40. The van der Waals surface area contributed by atoms with Gasteiger partial charge in [0, 0.05) is 28.0 Å². The Labute approximate surface area is 133 Å². The normalized spacial score (nSPS) is 36.0. The van der Waals surface area contributed by atoms with Gasteiger partial charge in [-0.15, -0.1) is 0 Å². The van der Waals surface area contributed by atoms with Gasteiger partial charge in [-0.25, -0.2) is 0 Å². The molecule has 5 unspecified atom stereocenters. The Morgan fingerprint density at radius 3 is 2.70 bits per heavy atom. The van der Waals surface area contributed by atoms with Crippen LogP contribution in [-0.4, -0.2) is 29.1 Å².